The highest BCUT2D eigenvalue weighted by molar-refractivity contribution is 5.03. The first-order valence-electron chi connectivity index (χ1n) is 3.32. The first-order chi connectivity index (χ1) is 3.81. The molecule has 0 aliphatic heterocycles. The third-order valence-electron chi connectivity index (χ3n) is 1.18. The normalized spacial score (nSPS) is 12.1. The van der Waals surface area contributed by atoms with Crippen LogP contribution in [0.3, 0.4) is 0 Å². The Kier molecular flexibility index (Phi) is 4.73. The van der Waals surface area contributed by atoms with Gasteiger partial charge in [-0.1, -0.05) is 31.9 Å². The molecule has 0 aromatic heterocycles. The van der Waals surface area contributed by atoms with Crippen molar-refractivity contribution in [2.45, 2.75) is 33.1 Å². The summed E-state index contributed by atoms with van der Waals surface area (Å²) in [7, 11) is 0. The van der Waals surface area contributed by atoms with Crippen LogP contribution in [0, 0.1) is 6.92 Å². The smallest absolute Gasteiger partial charge is 0.0283 e. The average molecular weight is 111 g/mol. The van der Waals surface area contributed by atoms with Crippen molar-refractivity contribution in [2.75, 3.05) is 0 Å². The lowest BCUT2D eigenvalue weighted by Crippen LogP contribution is -1.70. The lowest BCUT2D eigenvalue weighted by molar-refractivity contribution is 0.942. The molecule has 0 rings (SSSR count). The van der Waals surface area contributed by atoms with E-state index >= 15 is 0 Å². The Morgan fingerprint density at radius 2 is 2.12 bits per heavy atom. The molecule has 0 saturated carbocycles. The predicted octanol–water partition coefficient (Wildman–Crippen LogP) is 2.96. The fourth-order valence-electron chi connectivity index (χ4n) is 0.493. The zero-order chi connectivity index (χ0) is 6.41. The van der Waals surface area contributed by atoms with Crippen LogP contribution in [-0.2, 0) is 0 Å². The van der Waals surface area contributed by atoms with E-state index in [-0.39, 0.29) is 0 Å². The summed E-state index contributed by atoms with van der Waals surface area (Å²) in [5.74, 6) is 0. The minimum absolute atomic E-state index is 1.10. The van der Waals surface area contributed by atoms with Gasteiger partial charge in [-0.2, -0.15) is 0 Å². The van der Waals surface area contributed by atoms with Crippen LogP contribution in [0.1, 0.15) is 33.1 Å². The van der Waals surface area contributed by atoms with Crippen molar-refractivity contribution in [1.82, 2.24) is 0 Å². The van der Waals surface area contributed by atoms with Gasteiger partial charge in [0, 0.05) is 0 Å². The van der Waals surface area contributed by atoms with E-state index < -0.39 is 0 Å². The van der Waals surface area contributed by atoms with E-state index in [1.807, 2.05) is 0 Å². The molecule has 0 N–H and O–H groups in total. The maximum absolute atomic E-state index is 3.86. The first kappa shape index (κ1) is 7.74. The van der Waals surface area contributed by atoms with Gasteiger partial charge in [0.25, 0.3) is 0 Å². The maximum atomic E-state index is 3.86. The van der Waals surface area contributed by atoms with Crippen molar-refractivity contribution in [3.8, 4) is 0 Å². The van der Waals surface area contributed by atoms with E-state index in [0.29, 0.717) is 0 Å². The quantitative estimate of drug-likeness (QED) is 0.525. The molecule has 0 aliphatic carbocycles. The van der Waals surface area contributed by atoms with Crippen molar-refractivity contribution < 1.29 is 0 Å². The molecule has 0 unspecified atom stereocenters. The van der Waals surface area contributed by atoms with Crippen molar-refractivity contribution in [1.29, 1.82) is 0 Å². The summed E-state index contributed by atoms with van der Waals surface area (Å²) in [6, 6.07) is 0. The van der Waals surface area contributed by atoms with E-state index in [0.717, 1.165) is 6.42 Å². The fraction of sp³-hybridized carbons (Fsp3) is 0.625. The van der Waals surface area contributed by atoms with Gasteiger partial charge in [0.05, 0.1) is 0 Å². The average Bonchev–Trinajstić information content (AvgIpc) is 1.83. The largest absolute Gasteiger partial charge is 0.0853 e. The van der Waals surface area contributed by atoms with Gasteiger partial charge in [0.15, 0.2) is 0 Å². The van der Waals surface area contributed by atoms with Gasteiger partial charge in [-0.05, 0) is 19.8 Å². The van der Waals surface area contributed by atoms with Crippen LogP contribution in [0.15, 0.2) is 11.6 Å². The lowest BCUT2D eigenvalue weighted by Gasteiger charge is -1.90. The van der Waals surface area contributed by atoms with Crippen LogP contribution in [0.5, 0.6) is 0 Å². The Hall–Kier alpha value is -0.260. The lowest BCUT2D eigenvalue weighted by atomic mass is 10.2. The zero-order valence-corrected chi connectivity index (χ0v) is 5.91. The first-order valence-corrected chi connectivity index (χ1v) is 3.32. The van der Waals surface area contributed by atoms with Crippen molar-refractivity contribution in [2.24, 2.45) is 0 Å². The van der Waals surface area contributed by atoms with Gasteiger partial charge in [0.2, 0.25) is 0 Å². The van der Waals surface area contributed by atoms with Crippen LogP contribution in [-0.4, -0.2) is 0 Å². The topological polar surface area (TPSA) is 0 Å². The Morgan fingerprint density at radius 1 is 1.50 bits per heavy atom. The number of rotatable bonds is 3. The van der Waals surface area contributed by atoms with Crippen molar-refractivity contribution in [3.05, 3.63) is 18.6 Å². The molecular weight excluding hydrogens is 96.1 g/mol. The number of hydrogen-bond acceptors (Lipinski definition) is 0. The highest BCUT2D eigenvalue weighted by Gasteiger charge is 1.79. The Balaban J connectivity index is 3.26. The molecule has 0 bridgehead atoms. The van der Waals surface area contributed by atoms with E-state index in [2.05, 4.69) is 26.8 Å². The molecule has 8 heavy (non-hydrogen) atoms. The molecule has 0 fully saturated rings. The minimum atomic E-state index is 1.10. The highest BCUT2D eigenvalue weighted by Crippen LogP contribution is 2.00. The number of unbranched alkanes of at least 4 members (excludes halogenated alkanes) is 1. The molecular formula is C8H15. The van der Waals surface area contributed by atoms with E-state index in [4.69, 9.17) is 0 Å². The standard InChI is InChI=1S/C8H15/c1-4-6-7-8(3)5-2/h7H,3-6H2,1-2H3. The van der Waals surface area contributed by atoms with Crippen molar-refractivity contribution in [3.63, 3.8) is 0 Å². The molecule has 1 radical (unpaired) electrons. The minimum Gasteiger partial charge on any atom is -0.0853 e. The molecule has 0 aromatic carbocycles. The van der Waals surface area contributed by atoms with E-state index in [1.165, 1.54) is 18.4 Å². The maximum Gasteiger partial charge on any atom is -0.0283 e. The molecule has 47 valence electrons. The summed E-state index contributed by atoms with van der Waals surface area (Å²) in [6.45, 7) is 8.17. The predicted molar refractivity (Wildman–Crippen MR) is 38.6 cm³/mol. The van der Waals surface area contributed by atoms with Crippen molar-refractivity contribution >= 4 is 0 Å². The summed E-state index contributed by atoms with van der Waals surface area (Å²) in [5, 5.41) is 0. The van der Waals surface area contributed by atoms with Gasteiger partial charge < -0.3 is 0 Å². The second-order valence-corrected chi connectivity index (χ2v) is 2.00. The van der Waals surface area contributed by atoms with E-state index in [1.54, 1.807) is 0 Å². The zero-order valence-electron chi connectivity index (χ0n) is 5.91. The molecule has 0 atom stereocenters. The molecule has 0 spiro atoms. The SMILES string of the molecule is [CH2]C(=CCCC)CC. The Morgan fingerprint density at radius 3 is 2.50 bits per heavy atom. The monoisotopic (exact) mass is 111 g/mol. The van der Waals surface area contributed by atoms with Gasteiger partial charge in [-0.3, -0.25) is 0 Å². The summed E-state index contributed by atoms with van der Waals surface area (Å²) in [4.78, 5) is 0. The third-order valence-corrected chi connectivity index (χ3v) is 1.18. The van der Waals surface area contributed by atoms with Gasteiger partial charge >= 0.3 is 0 Å². The van der Waals surface area contributed by atoms with Crippen LogP contribution in [0.4, 0.5) is 0 Å². The van der Waals surface area contributed by atoms with Gasteiger partial charge in [0.1, 0.15) is 0 Å². The molecule has 0 saturated heterocycles. The van der Waals surface area contributed by atoms with Crippen LogP contribution in [0.25, 0.3) is 0 Å². The molecule has 0 heterocycles. The second-order valence-electron chi connectivity index (χ2n) is 2.00. The van der Waals surface area contributed by atoms with Crippen LogP contribution in [0.2, 0.25) is 0 Å². The molecule has 0 amide bonds. The Bertz CT molecular complexity index is 70.1. The molecule has 0 heteroatoms. The Labute approximate surface area is 52.6 Å². The molecule has 0 aliphatic rings. The number of hydrogen-bond donors (Lipinski definition) is 0. The van der Waals surface area contributed by atoms with Crippen LogP contribution >= 0.6 is 0 Å². The molecule has 0 nitrogen and oxygen atoms in total. The van der Waals surface area contributed by atoms with Crippen LogP contribution < -0.4 is 0 Å². The summed E-state index contributed by atoms with van der Waals surface area (Å²) >= 11 is 0. The third kappa shape index (κ3) is 3.91. The van der Waals surface area contributed by atoms with E-state index in [9.17, 15) is 0 Å². The highest BCUT2D eigenvalue weighted by atomic mass is 13.9. The molecule has 0 aromatic rings. The summed E-state index contributed by atoms with van der Waals surface area (Å²) < 4.78 is 0. The number of allylic oxidation sites excluding steroid dienone is 2. The summed E-state index contributed by atoms with van der Waals surface area (Å²) in [5.41, 5.74) is 1.27. The van der Waals surface area contributed by atoms with Gasteiger partial charge in [-0.25, -0.2) is 0 Å². The second kappa shape index (κ2) is 4.89. The summed E-state index contributed by atoms with van der Waals surface area (Å²) in [6.07, 6.45) is 5.73. The van der Waals surface area contributed by atoms with Gasteiger partial charge in [-0.15, -0.1) is 0 Å². The fourth-order valence-corrected chi connectivity index (χ4v) is 0.493.